The molecule has 0 amide bonds. The Kier molecular flexibility index (Phi) is 4.36. The highest BCUT2D eigenvalue weighted by Crippen LogP contribution is 2.36. The van der Waals surface area contributed by atoms with Gasteiger partial charge in [-0.2, -0.15) is 0 Å². The smallest absolute Gasteiger partial charge is 0.287 e. The summed E-state index contributed by atoms with van der Waals surface area (Å²) in [5.41, 5.74) is 6.73. The first-order valence-electron chi connectivity index (χ1n) is 5.95. The minimum atomic E-state index is -0.462. The van der Waals surface area contributed by atoms with Gasteiger partial charge in [0.15, 0.2) is 0 Å². The Morgan fingerprint density at radius 3 is 2.45 bits per heavy atom. The van der Waals surface area contributed by atoms with Crippen LogP contribution in [0.25, 0.3) is 0 Å². The fourth-order valence-corrected chi connectivity index (χ4v) is 2.18. The molecule has 0 saturated heterocycles. The molecule has 0 aliphatic heterocycles. The number of nitrogens with zero attached hydrogens (tertiary/aromatic N) is 1. The van der Waals surface area contributed by atoms with Gasteiger partial charge in [-0.1, -0.05) is 18.2 Å². The van der Waals surface area contributed by atoms with Crippen LogP contribution < -0.4 is 10.5 Å². The second-order valence-corrected chi connectivity index (χ2v) is 5.10. The maximum atomic E-state index is 10.9. The Morgan fingerprint density at radius 2 is 1.90 bits per heavy atom. The molecule has 0 aliphatic carbocycles. The zero-order chi connectivity index (χ0) is 14.7. The standard InChI is InChI=1S/C14H13BrN2O3/c1-9(16)10-5-7-11(8-6-10)20-13-4-2-3-12(14(13)15)17(18)19/h2-9H,16H2,1H3/t9-/m1/s1. The predicted molar refractivity (Wildman–Crippen MR) is 79.9 cm³/mol. The van der Waals surface area contributed by atoms with Gasteiger partial charge < -0.3 is 10.5 Å². The molecule has 2 rings (SSSR count). The van der Waals surface area contributed by atoms with Crippen molar-refractivity contribution in [1.29, 1.82) is 0 Å². The Bertz CT molecular complexity index is 627. The number of ether oxygens (including phenoxy) is 1. The average molecular weight is 337 g/mol. The van der Waals surface area contributed by atoms with Crippen molar-refractivity contribution in [3.05, 3.63) is 62.6 Å². The first-order valence-corrected chi connectivity index (χ1v) is 6.74. The molecular weight excluding hydrogens is 324 g/mol. The molecule has 0 heterocycles. The first kappa shape index (κ1) is 14.5. The molecular formula is C14H13BrN2O3. The molecule has 0 fully saturated rings. The Labute approximate surface area is 124 Å². The third-order valence-electron chi connectivity index (χ3n) is 2.77. The first-order chi connectivity index (χ1) is 9.49. The summed E-state index contributed by atoms with van der Waals surface area (Å²) in [6.07, 6.45) is 0. The second-order valence-electron chi connectivity index (χ2n) is 4.31. The summed E-state index contributed by atoms with van der Waals surface area (Å²) in [6, 6.07) is 11.9. The van der Waals surface area contributed by atoms with Crippen LogP contribution in [0, 0.1) is 10.1 Å². The van der Waals surface area contributed by atoms with E-state index in [1.54, 1.807) is 24.3 Å². The van der Waals surface area contributed by atoms with Crippen molar-refractivity contribution < 1.29 is 9.66 Å². The van der Waals surface area contributed by atoms with Gasteiger partial charge in [-0.15, -0.1) is 0 Å². The number of nitro groups is 1. The summed E-state index contributed by atoms with van der Waals surface area (Å²) in [4.78, 5) is 10.4. The third kappa shape index (κ3) is 3.15. The van der Waals surface area contributed by atoms with Crippen LogP contribution >= 0.6 is 15.9 Å². The molecule has 0 radical (unpaired) electrons. The van der Waals surface area contributed by atoms with Gasteiger partial charge in [0, 0.05) is 12.1 Å². The molecule has 2 aromatic carbocycles. The number of nitrogens with two attached hydrogens (primary N) is 1. The lowest BCUT2D eigenvalue weighted by atomic mass is 10.1. The van der Waals surface area contributed by atoms with E-state index >= 15 is 0 Å². The Balaban J connectivity index is 2.26. The van der Waals surface area contributed by atoms with Crippen LogP contribution in [0.1, 0.15) is 18.5 Å². The Hall–Kier alpha value is -1.92. The quantitative estimate of drug-likeness (QED) is 0.671. The number of halogens is 1. The van der Waals surface area contributed by atoms with Crippen LogP contribution in [0.4, 0.5) is 5.69 Å². The fourth-order valence-electron chi connectivity index (χ4n) is 1.69. The van der Waals surface area contributed by atoms with Crippen molar-refractivity contribution in [2.75, 3.05) is 0 Å². The van der Waals surface area contributed by atoms with Crippen molar-refractivity contribution >= 4 is 21.6 Å². The van der Waals surface area contributed by atoms with Crippen LogP contribution in [-0.4, -0.2) is 4.92 Å². The summed E-state index contributed by atoms with van der Waals surface area (Å²) in [5, 5.41) is 10.9. The van der Waals surface area contributed by atoms with Crippen molar-refractivity contribution in [3.63, 3.8) is 0 Å². The predicted octanol–water partition coefficient (Wildman–Crippen LogP) is 4.17. The molecule has 0 saturated carbocycles. The van der Waals surface area contributed by atoms with E-state index in [4.69, 9.17) is 10.5 Å². The molecule has 1 atom stereocenters. The molecule has 6 heteroatoms. The van der Waals surface area contributed by atoms with E-state index < -0.39 is 4.92 Å². The molecule has 20 heavy (non-hydrogen) atoms. The van der Waals surface area contributed by atoms with Gasteiger partial charge in [-0.25, -0.2) is 0 Å². The molecule has 0 aliphatic rings. The van der Waals surface area contributed by atoms with E-state index in [9.17, 15) is 10.1 Å². The van der Waals surface area contributed by atoms with Gasteiger partial charge in [-0.05, 0) is 46.6 Å². The largest absolute Gasteiger partial charge is 0.456 e. The van der Waals surface area contributed by atoms with E-state index in [2.05, 4.69) is 15.9 Å². The van der Waals surface area contributed by atoms with E-state index in [0.717, 1.165) is 5.56 Å². The third-order valence-corrected chi connectivity index (χ3v) is 3.57. The van der Waals surface area contributed by atoms with E-state index in [1.807, 2.05) is 19.1 Å². The molecule has 104 valence electrons. The minimum Gasteiger partial charge on any atom is -0.456 e. The van der Waals surface area contributed by atoms with Gasteiger partial charge >= 0.3 is 0 Å². The highest BCUT2D eigenvalue weighted by atomic mass is 79.9. The molecule has 0 bridgehead atoms. The minimum absolute atomic E-state index is 0.0327. The van der Waals surface area contributed by atoms with Crippen molar-refractivity contribution in [2.45, 2.75) is 13.0 Å². The van der Waals surface area contributed by atoms with Gasteiger partial charge in [-0.3, -0.25) is 10.1 Å². The number of hydrogen-bond donors (Lipinski definition) is 1. The van der Waals surface area contributed by atoms with Crippen LogP contribution in [0.5, 0.6) is 11.5 Å². The SMILES string of the molecule is C[C@@H](N)c1ccc(Oc2cccc([N+](=O)[O-])c2Br)cc1. The molecule has 5 nitrogen and oxygen atoms in total. The second kappa shape index (κ2) is 6.02. The average Bonchev–Trinajstić information content (AvgIpc) is 2.41. The summed E-state index contributed by atoms with van der Waals surface area (Å²) in [7, 11) is 0. The molecule has 2 aromatic rings. The maximum absolute atomic E-state index is 10.9. The lowest BCUT2D eigenvalue weighted by Gasteiger charge is -2.10. The monoisotopic (exact) mass is 336 g/mol. The summed E-state index contributed by atoms with van der Waals surface area (Å²) in [5.74, 6) is 0.989. The molecule has 0 spiro atoms. The normalized spacial score (nSPS) is 11.9. The van der Waals surface area contributed by atoms with Crippen molar-refractivity contribution in [2.24, 2.45) is 5.73 Å². The van der Waals surface area contributed by atoms with Gasteiger partial charge in [0.1, 0.15) is 16.0 Å². The van der Waals surface area contributed by atoms with Crippen LogP contribution in [-0.2, 0) is 0 Å². The highest BCUT2D eigenvalue weighted by Gasteiger charge is 2.16. The molecule has 2 N–H and O–H groups in total. The van der Waals surface area contributed by atoms with Crippen molar-refractivity contribution in [3.8, 4) is 11.5 Å². The van der Waals surface area contributed by atoms with Crippen LogP contribution in [0.2, 0.25) is 0 Å². The number of hydrogen-bond acceptors (Lipinski definition) is 4. The van der Waals surface area contributed by atoms with Gasteiger partial charge in [0.2, 0.25) is 0 Å². The topological polar surface area (TPSA) is 78.4 Å². The summed E-state index contributed by atoms with van der Waals surface area (Å²) < 4.78 is 5.96. The van der Waals surface area contributed by atoms with Crippen LogP contribution in [0.15, 0.2) is 46.9 Å². The van der Waals surface area contributed by atoms with Crippen LogP contribution in [0.3, 0.4) is 0 Å². The lowest BCUT2D eigenvalue weighted by molar-refractivity contribution is -0.385. The zero-order valence-electron chi connectivity index (χ0n) is 10.7. The zero-order valence-corrected chi connectivity index (χ0v) is 12.3. The summed E-state index contributed by atoms with van der Waals surface area (Å²) >= 11 is 3.19. The molecule has 0 unspecified atom stereocenters. The van der Waals surface area contributed by atoms with E-state index in [1.165, 1.54) is 6.07 Å². The highest BCUT2D eigenvalue weighted by molar-refractivity contribution is 9.10. The number of nitro benzene ring substituents is 1. The molecule has 0 aromatic heterocycles. The lowest BCUT2D eigenvalue weighted by Crippen LogP contribution is -2.04. The maximum Gasteiger partial charge on any atom is 0.287 e. The summed E-state index contributed by atoms with van der Waals surface area (Å²) in [6.45, 7) is 1.90. The Morgan fingerprint density at radius 1 is 1.25 bits per heavy atom. The van der Waals surface area contributed by atoms with E-state index in [0.29, 0.717) is 16.0 Å². The van der Waals surface area contributed by atoms with Gasteiger partial charge in [0.05, 0.1) is 4.92 Å². The van der Waals surface area contributed by atoms with Gasteiger partial charge in [0.25, 0.3) is 5.69 Å². The van der Waals surface area contributed by atoms with E-state index in [-0.39, 0.29) is 11.7 Å². The number of rotatable bonds is 4. The fraction of sp³-hybridized carbons (Fsp3) is 0.143. The van der Waals surface area contributed by atoms with Crippen molar-refractivity contribution in [1.82, 2.24) is 0 Å². The number of benzene rings is 2.